The highest BCUT2D eigenvalue weighted by Crippen LogP contribution is 2.24. The number of halogens is 1. The molecule has 1 aromatic rings. The van der Waals surface area contributed by atoms with Crippen LogP contribution in [0.1, 0.15) is 38.6 Å². The molecule has 0 radical (unpaired) electrons. The number of aryl methyl sites for hydroxylation is 2. The maximum absolute atomic E-state index is 5.20. The Labute approximate surface area is 125 Å². The van der Waals surface area contributed by atoms with E-state index in [1.54, 1.807) is 7.11 Å². The Morgan fingerprint density at radius 3 is 2.63 bits per heavy atom. The van der Waals surface area contributed by atoms with Gasteiger partial charge in [-0.1, -0.05) is 13.8 Å². The summed E-state index contributed by atoms with van der Waals surface area (Å²) in [5.74, 6) is 0. The predicted octanol–water partition coefficient (Wildman–Crippen LogP) is 2.79. The molecule has 0 aromatic carbocycles. The van der Waals surface area contributed by atoms with Gasteiger partial charge in [-0.2, -0.15) is 5.10 Å². The van der Waals surface area contributed by atoms with Crippen LogP contribution in [-0.2, 0) is 24.1 Å². The van der Waals surface area contributed by atoms with Gasteiger partial charge in [-0.15, -0.1) is 0 Å². The third-order valence-corrected chi connectivity index (χ3v) is 4.21. The first-order valence-corrected chi connectivity index (χ1v) is 7.93. The Kier molecular flexibility index (Phi) is 7.64. The maximum Gasteiger partial charge on any atom is 0.0766 e. The SMILES string of the molecule is CCNC(CCOC)Cc1c(Br)c(CC)nn1CC. The summed E-state index contributed by atoms with van der Waals surface area (Å²) < 4.78 is 8.48. The normalized spacial score (nSPS) is 12.9. The number of hydrogen-bond acceptors (Lipinski definition) is 3. The maximum atomic E-state index is 5.20. The molecule has 0 saturated carbocycles. The number of rotatable bonds is 9. The summed E-state index contributed by atoms with van der Waals surface area (Å²) in [6, 6.07) is 0.438. The highest BCUT2D eigenvalue weighted by molar-refractivity contribution is 9.10. The first kappa shape index (κ1) is 16.7. The summed E-state index contributed by atoms with van der Waals surface area (Å²) >= 11 is 3.71. The van der Waals surface area contributed by atoms with Crippen LogP contribution in [0.3, 0.4) is 0 Å². The minimum atomic E-state index is 0.438. The molecule has 0 aliphatic carbocycles. The van der Waals surface area contributed by atoms with Gasteiger partial charge >= 0.3 is 0 Å². The van der Waals surface area contributed by atoms with Crippen molar-refractivity contribution >= 4 is 15.9 Å². The van der Waals surface area contributed by atoms with E-state index in [1.807, 2.05) is 0 Å². The van der Waals surface area contributed by atoms with Gasteiger partial charge in [0.2, 0.25) is 0 Å². The van der Waals surface area contributed by atoms with E-state index in [2.05, 4.69) is 51.8 Å². The molecule has 4 nitrogen and oxygen atoms in total. The molecule has 1 unspecified atom stereocenters. The van der Waals surface area contributed by atoms with Crippen LogP contribution in [0.5, 0.6) is 0 Å². The van der Waals surface area contributed by atoms with Crippen LogP contribution in [0.25, 0.3) is 0 Å². The number of ether oxygens (including phenoxy) is 1. The molecule has 0 aliphatic heterocycles. The topological polar surface area (TPSA) is 39.1 Å². The summed E-state index contributed by atoms with van der Waals surface area (Å²) in [5, 5.41) is 8.18. The number of likely N-dealkylation sites (N-methyl/N-ethyl adjacent to an activating group) is 1. The molecule has 0 fully saturated rings. The average molecular weight is 332 g/mol. The predicted molar refractivity (Wildman–Crippen MR) is 82.6 cm³/mol. The van der Waals surface area contributed by atoms with Crippen molar-refractivity contribution in [1.29, 1.82) is 0 Å². The standard InChI is InChI=1S/C14H26BrN3O/c1-5-12-14(15)13(18(7-3)17-12)10-11(16-6-2)8-9-19-4/h11,16H,5-10H2,1-4H3. The molecule has 1 N–H and O–H groups in total. The molecule has 5 heteroatoms. The van der Waals surface area contributed by atoms with Crippen LogP contribution < -0.4 is 5.32 Å². The average Bonchev–Trinajstić information content (AvgIpc) is 2.72. The van der Waals surface area contributed by atoms with Crippen molar-refractivity contribution in [1.82, 2.24) is 15.1 Å². The molecular formula is C14H26BrN3O. The minimum Gasteiger partial charge on any atom is -0.385 e. The molecule has 1 aromatic heterocycles. The van der Waals surface area contributed by atoms with E-state index in [9.17, 15) is 0 Å². The van der Waals surface area contributed by atoms with Crippen molar-refractivity contribution in [2.75, 3.05) is 20.3 Å². The van der Waals surface area contributed by atoms with E-state index in [0.717, 1.165) is 44.7 Å². The molecule has 0 saturated heterocycles. The van der Waals surface area contributed by atoms with E-state index in [-0.39, 0.29) is 0 Å². The Balaban J connectivity index is 2.84. The Morgan fingerprint density at radius 2 is 2.11 bits per heavy atom. The van der Waals surface area contributed by atoms with E-state index >= 15 is 0 Å². The second-order valence-electron chi connectivity index (χ2n) is 4.62. The second-order valence-corrected chi connectivity index (χ2v) is 5.41. The largest absolute Gasteiger partial charge is 0.385 e. The Morgan fingerprint density at radius 1 is 1.37 bits per heavy atom. The Hall–Kier alpha value is -0.390. The van der Waals surface area contributed by atoms with Gasteiger partial charge in [0.05, 0.1) is 15.9 Å². The van der Waals surface area contributed by atoms with Crippen molar-refractivity contribution in [2.24, 2.45) is 0 Å². The van der Waals surface area contributed by atoms with Crippen molar-refractivity contribution in [3.63, 3.8) is 0 Å². The highest BCUT2D eigenvalue weighted by Gasteiger charge is 2.18. The zero-order chi connectivity index (χ0) is 14.3. The fourth-order valence-electron chi connectivity index (χ4n) is 2.27. The van der Waals surface area contributed by atoms with Crippen molar-refractivity contribution in [2.45, 2.75) is 52.6 Å². The Bertz CT molecular complexity index is 379. The van der Waals surface area contributed by atoms with E-state index in [1.165, 1.54) is 10.2 Å². The monoisotopic (exact) mass is 331 g/mol. The van der Waals surface area contributed by atoms with Crippen molar-refractivity contribution in [3.05, 3.63) is 15.9 Å². The number of methoxy groups -OCH3 is 1. The van der Waals surface area contributed by atoms with E-state index in [0.29, 0.717) is 6.04 Å². The third kappa shape index (κ3) is 4.58. The summed E-state index contributed by atoms with van der Waals surface area (Å²) in [4.78, 5) is 0. The van der Waals surface area contributed by atoms with Crippen LogP contribution >= 0.6 is 15.9 Å². The smallest absolute Gasteiger partial charge is 0.0766 e. The van der Waals surface area contributed by atoms with Gasteiger partial charge in [0, 0.05) is 32.7 Å². The minimum absolute atomic E-state index is 0.438. The summed E-state index contributed by atoms with van der Waals surface area (Å²) in [6.07, 6.45) is 2.97. The van der Waals surface area contributed by atoms with Gasteiger partial charge in [-0.25, -0.2) is 0 Å². The number of aromatic nitrogens is 2. The van der Waals surface area contributed by atoms with Crippen molar-refractivity contribution < 1.29 is 4.74 Å². The van der Waals surface area contributed by atoms with Gasteiger partial charge in [0.1, 0.15) is 0 Å². The van der Waals surface area contributed by atoms with E-state index in [4.69, 9.17) is 4.74 Å². The summed E-state index contributed by atoms with van der Waals surface area (Å²) in [6.45, 7) is 9.10. The summed E-state index contributed by atoms with van der Waals surface area (Å²) in [5.41, 5.74) is 2.44. The van der Waals surface area contributed by atoms with Gasteiger partial charge < -0.3 is 10.1 Å². The second kappa shape index (κ2) is 8.72. The summed E-state index contributed by atoms with van der Waals surface area (Å²) in [7, 11) is 1.75. The van der Waals surface area contributed by atoms with Gasteiger partial charge in [-0.05, 0) is 42.2 Å². The fourth-order valence-corrected chi connectivity index (χ4v) is 3.00. The molecule has 1 atom stereocenters. The van der Waals surface area contributed by atoms with Crippen LogP contribution in [0.4, 0.5) is 0 Å². The highest BCUT2D eigenvalue weighted by atomic mass is 79.9. The molecule has 0 amide bonds. The number of hydrogen-bond donors (Lipinski definition) is 1. The first-order valence-electron chi connectivity index (χ1n) is 7.14. The quantitative estimate of drug-likeness (QED) is 0.756. The molecule has 1 rings (SSSR count). The van der Waals surface area contributed by atoms with Gasteiger partial charge in [0.25, 0.3) is 0 Å². The lowest BCUT2D eigenvalue weighted by molar-refractivity contribution is 0.182. The molecule has 0 aliphatic rings. The van der Waals surface area contributed by atoms with Gasteiger partial charge in [0.15, 0.2) is 0 Å². The lowest BCUT2D eigenvalue weighted by Crippen LogP contribution is -2.33. The lowest BCUT2D eigenvalue weighted by Gasteiger charge is -2.18. The third-order valence-electron chi connectivity index (χ3n) is 3.30. The number of nitrogens with zero attached hydrogens (tertiary/aromatic N) is 2. The zero-order valence-electron chi connectivity index (χ0n) is 12.5. The van der Waals surface area contributed by atoms with E-state index < -0.39 is 0 Å². The molecule has 1 heterocycles. The van der Waals surface area contributed by atoms with Gasteiger partial charge in [-0.3, -0.25) is 4.68 Å². The zero-order valence-corrected chi connectivity index (χ0v) is 14.1. The fraction of sp³-hybridized carbons (Fsp3) is 0.786. The molecular weight excluding hydrogens is 306 g/mol. The van der Waals surface area contributed by atoms with Crippen LogP contribution in [0.2, 0.25) is 0 Å². The molecule has 110 valence electrons. The van der Waals surface area contributed by atoms with Crippen LogP contribution in [-0.4, -0.2) is 36.1 Å². The molecule has 0 spiro atoms. The van der Waals surface area contributed by atoms with Crippen LogP contribution in [0, 0.1) is 0 Å². The molecule has 0 bridgehead atoms. The molecule has 19 heavy (non-hydrogen) atoms. The first-order chi connectivity index (χ1) is 9.17. The van der Waals surface area contributed by atoms with Crippen LogP contribution in [0.15, 0.2) is 4.47 Å². The number of nitrogens with one attached hydrogen (secondary N) is 1. The lowest BCUT2D eigenvalue weighted by atomic mass is 10.1. The van der Waals surface area contributed by atoms with Crippen molar-refractivity contribution in [3.8, 4) is 0 Å².